The number of hydrogen-bond acceptors (Lipinski definition) is 3. The third-order valence-corrected chi connectivity index (χ3v) is 4.04. The normalized spacial score (nSPS) is 17.5. The number of carboxylic acid groups (broad SMARTS) is 1. The second-order valence-corrected chi connectivity index (χ2v) is 5.38. The fourth-order valence-electron chi connectivity index (χ4n) is 2.98. The molecule has 1 unspecified atom stereocenters. The average Bonchev–Trinajstić information content (AvgIpc) is 3.00. The standard InChI is InChI=1S/C16H19N3O2/c20-16(21)14-6-10-19(15-5-2-1-4-13(14)15)9-3-8-18-11-7-17-12-18/h1-2,4-5,7,11-12,14H,3,6,8-10H2,(H,20,21). The molecule has 0 saturated heterocycles. The highest BCUT2D eigenvalue weighted by molar-refractivity contribution is 5.80. The van der Waals surface area contributed by atoms with Crippen molar-refractivity contribution >= 4 is 11.7 Å². The molecule has 2 aromatic rings. The van der Waals surface area contributed by atoms with Crippen LogP contribution in [0.4, 0.5) is 5.69 Å². The summed E-state index contributed by atoms with van der Waals surface area (Å²) in [6.45, 7) is 2.67. The Labute approximate surface area is 123 Å². The molecule has 1 aliphatic heterocycles. The number of aryl methyl sites for hydroxylation is 1. The molecule has 1 aromatic carbocycles. The van der Waals surface area contributed by atoms with E-state index in [0.29, 0.717) is 6.42 Å². The number of imidazole rings is 1. The van der Waals surface area contributed by atoms with E-state index in [2.05, 4.69) is 14.5 Å². The van der Waals surface area contributed by atoms with Gasteiger partial charge in [0, 0.05) is 37.7 Å². The molecule has 2 heterocycles. The summed E-state index contributed by atoms with van der Waals surface area (Å²) >= 11 is 0. The van der Waals surface area contributed by atoms with Gasteiger partial charge in [-0.25, -0.2) is 4.98 Å². The Morgan fingerprint density at radius 1 is 1.33 bits per heavy atom. The molecule has 1 aromatic heterocycles. The van der Waals surface area contributed by atoms with E-state index in [1.165, 1.54) is 0 Å². The van der Waals surface area contributed by atoms with E-state index in [-0.39, 0.29) is 5.92 Å². The lowest BCUT2D eigenvalue weighted by molar-refractivity contribution is -0.139. The Bertz CT molecular complexity index is 610. The van der Waals surface area contributed by atoms with Gasteiger partial charge in [0.2, 0.25) is 0 Å². The third-order valence-electron chi connectivity index (χ3n) is 4.04. The van der Waals surface area contributed by atoms with Crippen molar-refractivity contribution in [3.05, 3.63) is 48.5 Å². The number of fused-ring (bicyclic) bond motifs is 1. The molecule has 3 rings (SSSR count). The Morgan fingerprint density at radius 2 is 2.19 bits per heavy atom. The Balaban J connectivity index is 1.69. The molecular weight excluding hydrogens is 266 g/mol. The van der Waals surface area contributed by atoms with Gasteiger partial charge in [0.05, 0.1) is 12.2 Å². The third kappa shape index (κ3) is 2.91. The molecule has 110 valence electrons. The van der Waals surface area contributed by atoms with Crippen LogP contribution in [-0.2, 0) is 11.3 Å². The number of carboxylic acids is 1. The molecule has 5 nitrogen and oxygen atoms in total. The van der Waals surface area contributed by atoms with Crippen molar-refractivity contribution in [3.8, 4) is 0 Å². The zero-order valence-electron chi connectivity index (χ0n) is 11.9. The summed E-state index contributed by atoms with van der Waals surface area (Å²) in [7, 11) is 0. The second kappa shape index (κ2) is 5.99. The minimum absolute atomic E-state index is 0.369. The van der Waals surface area contributed by atoms with E-state index < -0.39 is 5.97 Å². The number of hydrogen-bond donors (Lipinski definition) is 1. The van der Waals surface area contributed by atoms with Gasteiger partial charge in [-0.05, 0) is 24.5 Å². The number of nitrogens with zero attached hydrogens (tertiary/aromatic N) is 3. The highest BCUT2D eigenvalue weighted by Gasteiger charge is 2.29. The summed E-state index contributed by atoms with van der Waals surface area (Å²) in [5.41, 5.74) is 2.01. The zero-order chi connectivity index (χ0) is 14.7. The maximum absolute atomic E-state index is 11.4. The summed E-state index contributed by atoms with van der Waals surface area (Å²) in [5, 5.41) is 9.34. The van der Waals surface area contributed by atoms with Crippen molar-refractivity contribution in [3.63, 3.8) is 0 Å². The van der Waals surface area contributed by atoms with Gasteiger partial charge in [-0.15, -0.1) is 0 Å². The van der Waals surface area contributed by atoms with Crippen LogP contribution in [0, 0.1) is 0 Å². The molecular formula is C16H19N3O2. The van der Waals surface area contributed by atoms with Gasteiger partial charge < -0.3 is 14.6 Å². The summed E-state index contributed by atoms with van der Waals surface area (Å²) in [6, 6.07) is 7.87. The molecule has 0 aliphatic carbocycles. The lowest BCUT2D eigenvalue weighted by atomic mass is 9.90. The van der Waals surface area contributed by atoms with Crippen molar-refractivity contribution in [2.24, 2.45) is 0 Å². The van der Waals surface area contributed by atoms with E-state index >= 15 is 0 Å². The molecule has 1 atom stereocenters. The van der Waals surface area contributed by atoms with Gasteiger partial charge in [-0.3, -0.25) is 4.79 Å². The number of para-hydroxylation sites is 1. The second-order valence-electron chi connectivity index (χ2n) is 5.38. The van der Waals surface area contributed by atoms with Crippen LogP contribution in [-0.4, -0.2) is 33.7 Å². The first kappa shape index (κ1) is 13.7. The van der Waals surface area contributed by atoms with Gasteiger partial charge in [-0.2, -0.15) is 0 Å². The fourth-order valence-corrected chi connectivity index (χ4v) is 2.98. The molecule has 0 spiro atoms. The number of anilines is 1. The smallest absolute Gasteiger partial charge is 0.311 e. The van der Waals surface area contributed by atoms with E-state index in [4.69, 9.17) is 0 Å². The number of rotatable bonds is 5. The quantitative estimate of drug-likeness (QED) is 0.916. The number of carbonyl (C=O) groups is 1. The summed E-state index contributed by atoms with van der Waals surface area (Å²) < 4.78 is 2.07. The zero-order valence-corrected chi connectivity index (χ0v) is 11.9. The van der Waals surface area contributed by atoms with Gasteiger partial charge in [-0.1, -0.05) is 18.2 Å². The van der Waals surface area contributed by atoms with Crippen LogP contribution in [0.3, 0.4) is 0 Å². The van der Waals surface area contributed by atoms with E-state index in [1.807, 2.05) is 36.8 Å². The molecule has 1 N–H and O–H groups in total. The van der Waals surface area contributed by atoms with Gasteiger partial charge in [0.25, 0.3) is 0 Å². The van der Waals surface area contributed by atoms with E-state index in [9.17, 15) is 9.90 Å². The van der Waals surface area contributed by atoms with Crippen molar-refractivity contribution in [2.45, 2.75) is 25.3 Å². The van der Waals surface area contributed by atoms with Crippen molar-refractivity contribution < 1.29 is 9.90 Å². The average molecular weight is 285 g/mol. The first-order chi connectivity index (χ1) is 10.3. The van der Waals surface area contributed by atoms with Crippen LogP contribution < -0.4 is 4.90 Å². The fraction of sp³-hybridized carbons (Fsp3) is 0.375. The molecule has 21 heavy (non-hydrogen) atoms. The van der Waals surface area contributed by atoms with Crippen molar-refractivity contribution in [2.75, 3.05) is 18.0 Å². The van der Waals surface area contributed by atoms with Crippen LogP contribution in [0.15, 0.2) is 43.0 Å². The molecule has 5 heteroatoms. The van der Waals surface area contributed by atoms with Gasteiger partial charge in [0.1, 0.15) is 0 Å². The number of benzene rings is 1. The Morgan fingerprint density at radius 3 is 2.95 bits per heavy atom. The predicted octanol–water partition coefficient (Wildman–Crippen LogP) is 2.35. The van der Waals surface area contributed by atoms with Crippen molar-refractivity contribution in [1.82, 2.24) is 9.55 Å². The molecule has 0 radical (unpaired) electrons. The Hall–Kier alpha value is -2.30. The van der Waals surface area contributed by atoms with Gasteiger partial charge in [0.15, 0.2) is 0 Å². The van der Waals surface area contributed by atoms with Crippen LogP contribution in [0.2, 0.25) is 0 Å². The van der Waals surface area contributed by atoms with Crippen LogP contribution in [0.25, 0.3) is 0 Å². The van der Waals surface area contributed by atoms with Crippen LogP contribution in [0.5, 0.6) is 0 Å². The molecule has 0 fully saturated rings. The highest BCUT2D eigenvalue weighted by Crippen LogP contribution is 2.35. The van der Waals surface area contributed by atoms with E-state index in [1.54, 1.807) is 6.20 Å². The highest BCUT2D eigenvalue weighted by atomic mass is 16.4. The largest absolute Gasteiger partial charge is 0.481 e. The lowest BCUT2D eigenvalue weighted by Gasteiger charge is -2.34. The molecule has 0 amide bonds. The van der Waals surface area contributed by atoms with Gasteiger partial charge >= 0.3 is 5.97 Å². The SMILES string of the molecule is O=C(O)C1CCN(CCCn2ccnc2)c2ccccc21. The molecule has 0 bridgehead atoms. The Kier molecular flexibility index (Phi) is 3.90. The predicted molar refractivity (Wildman–Crippen MR) is 80.5 cm³/mol. The summed E-state index contributed by atoms with van der Waals surface area (Å²) in [6.07, 6.45) is 7.27. The van der Waals surface area contributed by atoms with Crippen LogP contribution in [0.1, 0.15) is 24.3 Å². The van der Waals surface area contributed by atoms with Crippen molar-refractivity contribution in [1.29, 1.82) is 0 Å². The molecule has 0 saturated carbocycles. The van der Waals surface area contributed by atoms with E-state index in [0.717, 1.165) is 37.3 Å². The lowest BCUT2D eigenvalue weighted by Crippen LogP contribution is -2.34. The maximum Gasteiger partial charge on any atom is 0.311 e. The number of aliphatic carboxylic acids is 1. The first-order valence-corrected chi connectivity index (χ1v) is 7.28. The maximum atomic E-state index is 11.4. The first-order valence-electron chi connectivity index (χ1n) is 7.28. The number of aromatic nitrogens is 2. The monoisotopic (exact) mass is 285 g/mol. The minimum atomic E-state index is -0.722. The topological polar surface area (TPSA) is 58.4 Å². The summed E-state index contributed by atoms with van der Waals surface area (Å²) in [4.78, 5) is 17.7. The van der Waals surface area contributed by atoms with Crippen LogP contribution >= 0.6 is 0 Å². The minimum Gasteiger partial charge on any atom is -0.481 e. The molecule has 1 aliphatic rings. The summed E-state index contributed by atoms with van der Waals surface area (Å²) in [5.74, 6) is -1.09.